The molecule has 0 atom stereocenters. The van der Waals surface area contributed by atoms with E-state index in [0.29, 0.717) is 12.5 Å². The Morgan fingerprint density at radius 2 is 2.00 bits per heavy atom. The summed E-state index contributed by atoms with van der Waals surface area (Å²) in [7, 11) is 0. The van der Waals surface area contributed by atoms with Gasteiger partial charge in [-0.3, -0.25) is 9.48 Å². The predicted molar refractivity (Wildman–Crippen MR) is 80.7 cm³/mol. The van der Waals surface area contributed by atoms with Gasteiger partial charge in [-0.25, -0.2) is 0 Å². The van der Waals surface area contributed by atoms with Crippen molar-refractivity contribution in [3.8, 4) is 0 Å². The minimum atomic E-state index is 0.194. The molecule has 20 heavy (non-hydrogen) atoms. The third-order valence-corrected chi connectivity index (χ3v) is 4.40. The van der Waals surface area contributed by atoms with E-state index in [1.54, 1.807) is 0 Å². The molecule has 4 heteroatoms. The first kappa shape index (κ1) is 15.1. The molecule has 1 aromatic heterocycles. The maximum absolute atomic E-state index is 12.0. The van der Waals surface area contributed by atoms with Gasteiger partial charge in [0, 0.05) is 24.7 Å². The average Bonchev–Trinajstić information content (AvgIpc) is 2.72. The molecule has 0 spiro atoms. The summed E-state index contributed by atoms with van der Waals surface area (Å²) in [5.41, 5.74) is 3.51. The zero-order chi connectivity index (χ0) is 14.5. The van der Waals surface area contributed by atoms with Crippen LogP contribution in [-0.2, 0) is 17.8 Å². The summed E-state index contributed by atoms with van der Waals surface area (Å²) in [6.07, 6.45) is 7.51. The molecule has 1 aliphatic carbocycles. The summed E-state index contributed by atoms with van der Waals surface area (Å²) in [5.74, 6) is 0.194. The van der Waals surface area contributed by atoms with Crippen molar-refractivity contribution in [2.45, 2.75) is 78.3 Å². The maximum atomic E-state index is 12.0. The first-order valence-electron chi connectivity index (χ1n) is 7.94. The maximum Gasteiger partial charge on any atom is 0.220 e. The SMILES string of the molecule is CCn1nc(C)c(CCC(=O)NC2CCCCC2)c1C. The lowest BCUT2D eigenvalue weighted by Gasteiger charge is -2.22. The first-order chi connectivity index (χ1) is 9.61. The summed E-state index contributed by atoms with van der Waals surface area (Å²) in [5, 5.41) is 7.69. The lowest BCUT2D eigenvalue weighted by atomic mass is 9.95. The lowest BCUT2D eigenvalue weighted by molar-refractivity contribution is -0.121. The number of aromatic nitrogens is 2. The fourth-order valence-electron chi connectivity index (χ4n) is 3.19. The number of carbonyl (C=O) groups is 1. The molecule has 1 fully saturated rings. The fourth-order valence-corrected chi connectivity index (χ4v) is 3.19. The van der Waals surface area contributed by atoms with Crippen LogP contribution < -0.4 is 5.32 Å². The summed E-state index contributed by atoms with van der Waals surface area (Å²) in [4.78, 5) is 12.0. The molecule has 0 saturated heterocycles. The molecule has 2 rings (SSSR count). The quantitative estimate of drug-likeness (QED) is 0.899. The van der Waals surface area contributed by atoms with E-state index in [0.717, 1.165) is 31.5 Å². The zero-order valence-corrected chi connectivity index (χ0v) is 13.0. The molecule has 1 aliphatic rings. The van der Waals surface area contributed by atoms with E-state index in [1.807, 2.05) is 11.6 Å². The highest BCUT2D eigenvalue weighted by atomic mass is 16.1. The number of nitrogens with zero attached hydrogens (tertiary/aromatic N) is 2. The summed E-state index contributed by atoms with van der Waals surface area (Å²) in [6, 6.07) is 0.414. The second kappa shape index (κ2) is 6.91. The number of hydrogen-bond donors (Lipinski definition) is 1. The highest BCUT2D eigenvalue weighted by molar-refractivity contribution is 5.76. The molecule has 0 aromatic carbocycles. The van der Waals surface area contributed by atoms with Crippen LogP contribution in [0.5, 0.6) is 0 Å². The number of carbonyl (C=O) groups excluding carboxylic acids is 1. The Morgan fingerprint density at radius 3 is 2.60 bits per heavy atom. The number of hydrogen-bond acceptors (Lipinski definition) is 2. The monoisotopic (exact) mass is 277 g/mol. The van der Waals surface area contributed by atoms with E-state index in [-0.39, 0.29) is 5.91 Å². The van der Waals surface area contributed by atoms with Gasteiger partial charge < -0.3 is 5.32 Å². The topological polar surface area (TPSA) is 46.9 Å². The highest BCUT2D eigenvalue weighted by Gasteiger charge is 2.17. The zero-order valence-electron chi connectivity index (χ0n) is 13.0. The van der Waals surface area contributed by atoms with Gasteiger partial charge in [-0.1, -0.05) is 19.3 Å². The Hall–Kier alpha value is -1.32. The second-order valence-corrected chi connectivity index (χ2v) is 5.87. The van der Waals surface area contributed by atoms with Gasteiger partial charge in [-0.15, -0.1) is 0 Å². The van der Waals surface area contributed by atoms with E-state index >= 15 is 0 Å². The van der Waals surface area contributed by atoms with Crippen molar-refractivity contribution in [1.29, 1.82) is 0 Å². The minimum absolute atomic E-state index is 0.194. The molecule has 112 valence electrons. The van der Waals surface area contributed by atoms with Gasteiger partial charge in [0.1, 0.15) is 0 Å². The summed E-state index contributed by atoms with van der Waals surface area (Å²) in [6.45, 7) is 7.12. The van der Waals surface area contributed by atoms with E-state index in [9.17, 15) is 4.79 Å². The summed E-state index contributed by atoms with van der Waals surface area (Å²) >= 11 is 0. The third-order valence-electron chi connectivity index (χ3n) is 4.40. The van der Waals surface area contributed by atoms with Crippen LogP contribution in [0, 0.1) is 13.8 Å². The molecule has 1 amide bonds. The van der Waals surface area contributed by atoms with Crippen molar-refractivity contribution in [2.75, 3.05) is 0 Å². The van der Waals surface area contributed by atoms with Crippen molar-refractivity contribution >= 4 is 5.91 Å². The van der Waals surface area contributed by atoms with Crippen LogP contribution in [0.25, 0.3) is 0 Å². The Labute approximate surface area is 121 Å². The molecule has 1 aromatic rings. The van der Waals surface area contributed by atoms with Crippen molar-refractivity contribution in [1.82, 2.24) is 15.1 Å². The molecular weight excluding hydrogens is 250 g/mol. The lowest BCUT2D eigenvalue weighted by Crippen LogP contribution is -2.36. The van der Waals surface area contributed by atoms with Crippen LogP contribution in [0.1, 0.15) is 62.4 Å². The van der Waals surface area contributed by atoms with Gasteiger partial charge in [0.15, 0.2) is 0 Å². The number of rotatable bonds is 5. The average molecular weight is 277 g/mol. The Morgan fingerprint density at radius 1 is 1.30 bits per heavy atom. The van der Waals surface area contributed by atoms with Crippen LogP contribution in [0.15, 0.2) is 0 Å². The molecule has 1 N–H and O–H groups in total. The molecule has 0 bridgehead atoms. The van der Waals surface area contributed by atoms with Gasteiger partial charge in [0.2, 0.25) is 5.91 Å². The van der Waals surface area contributed by atoms with Crippen LogP contribution in [0.3, 0.4) is 0 Å². The standard InChI is InChI=1S/C16H27N3O/c1-4-19-13(3)15(12(2)18-19)10-11-16(20)17-14-8-6-5-7-9-14/h14H,4-11H2,1-3H3,(H,17,20). The van der Waals surface area contributed by atoms with Crippen molar-refractivity contribution in [2.24, 2.45) is 0 Å². The summed E-state index contributed by atoms with van der Waals surface area (Å²) < 4.78 is 2.02. The van der Waals surface area contributed by atoms with Crippen molar-refractivity contribution in [3.63, 3.8) is 0 Å². The number of nitrogens with one attached hydrogen (secondary N) is 1. The fraction of sp³-hybridized carbons (Fsp3) is 0.750. The van der Waals surface area contributed by atoms with Crippen molar-refractivity contribution < 1.29 is 4.79 Å². The molecule has 0 radical (unpaired) electrons. The molecule has 0 aliphatic heterocycles. The predicted octanol–water partition coefficient (Wildman–Crippen LogP) is 2.90. The Balaban J connectivity index is 1.85. The van der Waals surface area contributed by atoms with Gasteiger partial charge in [0.05, 0.1) is 5.69 Å². The largest absolute Gasteiger partial charge is 0.353 e. The molecule has 0 unspecified atom stereocenters. The van der Waals surface area contributed by atoms with Crippen LogP contribution in [-0.4, -0.2) is 21.7 Å². The van der Waals surface area contributed by atoms with Gasteiger partial charge in [-0.05, 0) is 45.6 Å². The Kier molecular flexibility index (Phi) is 5.21. The van der Waals surface area contributed by atoms with Crippen LogP contribution in [0.2, 0.25) is 0 Å². The van der Waals surface area contributed by atoms with E-state index < -0.39 is 0 Å². The highest BCUT2D eigenvalue weighted by Crippen LogP contribution is 2.18. The number of amides is 1. The van der Waals surface area contributed by atoms with Gasteiger partial charge >= 0.3 is 0 Å². The molecule has 1 heterocycles. The van der Waals surface area contributed by atoms with E-state index in [1.165, 1.54) is 30.5 Å². The van der Waals surface area contributed by atoms with Crippen molar-refractivity contribution in [3.05, 3.63) is 17.0 Å². The molecular formula is C16H27N3O. The van der Waals surface area contributed by atoms with Gasteiger partial charge in [-0.2, -0.15) is 5.10 Å². The molecule has 1 saturated carbocycles. The van der Waals surface area contributed by atoms with Crippen LogP contribution >= 0.6 is 0 Å². The minimum Gasteiger partial charge on any atom is -0.353 e. The normalized spacial score (nSPS) is 16.4. The first-order valence-corrected chi connectivity index (χ1v) is 7.94. The van der Waals surface area contributed by atoms with Gasteiger partial charge in [0.25, 0.3) is 0 Å². The molecule has 4 nitrogen and oxygen atoms in total. The smallest absolute Gasteiger partial charge is 0.220 e. The third kappa shape index (κ3) is 3.62. The van der Waals surface area contributed by atoms with E-state index in [4.69, 9.17) is 0 Å². The van der Waals surface area contributed by atoms with E-state index in [2.05, 4.69) is 24.3 Å². The Bertz CT molecular complexity index is 459. The number of aryl methyl sites for hydroxylation is 2. The second-order valence-electron chi connectivity index (χ2n) is 5.87. The van der Waals surface area contributed by atoms with Crippen LogP contribution in [0.4, 0.5) is 0 Å².